The van der Waals surface area contributed by atoms with Crippen molar-refractivity contribution in [2.75, 3.05) is 28.4 Å². The van der Waals surface area contributed by atoms with Crippen molar-refractivity contribution in [1.82, 2.24) is 0 Å². The van der Waals surface area contributed by atoms with Crippen molar-refractivity contribution in [1.29, 1.82) is 0 Å². The third-order valence-electron chi connectivity index (χ3n) is 7.54. The number of esters is 2. The van der Waals surface area contributed by atoms with Crippen LogP contribution in [0.15, 0.2) is 72.8 Å². The molecule has 0 saturated carbocycles. The number of benzene rings is 4. The molecule has 2 aliphatic rings. The standard InChI is InChI=1S/2C17H16O5/c2*1-20-12-7-14(21-2)17-13(9-16(19)22-15(17)8-12)10-3-5-11(18)6-4-10/h2*3-8,13,18H,9H2,1-2H3/t2*13-/m10/s1. The number of carbonyl (C=O) groups is 2. The molecule has 0 unspecified atom stereocenters. The van der Waals surface area contributed by atoms with Crippen molar-refractivity contribution in [3.63, 3.8) is 0 Å². The Labute approximate surface area is 254 Å². The molecule has 0 radical (unpaired) electrons. The Morgan fingerprint density at radius 2 is 0.932 bits per heavy atom. The molecule has 2 heterocycles. The molecule has 6 rings (SSSR count). The Hall–Kier alpha value is -5.38. The molecular weight excluding hydrogens is 568 g/mol. The molecule has 2 aliphatic heterocycles. The van der Waals surface area contributed by atoms with Crippen LogP contribution in [0.4, 0.5) is 0 Å². The second-order valence-corrected chi connectivity index (χ2v) is 10.1. The molecular formula is C34H32O10. The molecule has 228 valence electrons. The maximum atomic E-state index is 11.9. The first-order chi connectivity index (χ1) is 21.2. The number of fused-ring (bicyclic) bond motifs is 2. The smallest absolute Gasteiger partial charge is 0.312 e. The summed E-state index contributed by atoms with van der Waals surface area (Å²) in [4.78, 5) is 23.8. The zero-order chi connectivity index (χ0) is 31.4. The molecule has 2 atom stereocenters. The predicted octanol–water partition coefficient (Wildman–Crippen LogP) is 5.70. The number of ether oxygens (including phenoxy) is 6. The van der Waals surface area contributed by atoms with E-state index in [1.54, 1.807) is 101 Å². The fraction of sp³-hybridized carbons (Fsp3) is 0.235. The average Bonchev–Trinajstić information content (AvgIpc) is 3.03. The summed E-state index contributed by atoms with van der Waals surface area (Å²) in [5.41, 5.74) is 3.46. The first-order valence-corrected chi connectivity index (χ1v) is 13.8. The van der Waals surface area contributed by atoms with Crippen LogP contribution in [-0.4, -0.2) is 50.6 Å². The summed E-state index contributed by atoms with van der Waals surface area (Å²) in [6.45, 7) is 0. The van der Waals surface area contributed by atoms with Gasteiger partial charge in [-0.2, -0.15) is 0 Å². The summed E-state index contributed by atoms with van der Waals surface area (Å²) in [5, 5.41) is 18.9. The van der Waals surface area contributed by atoms with Crippen molar-refractivity contribution >= 4 is 11.9 Å². The van der Waals surface area contributed by atoms with Gasteiger partial charge in [-0.1, -0.05) is 24.3 Å². The zero-order valence-electron chi connectivity index (χ0n) is 24.7. The van der Waals surface area contributed by atoms with Gasteiger partial charge in [0.15, 0.2) is 0 Å². The Balaban J connectivity index is 0.000000175. The second-order valence-electron chi connectivity index (χ2n) is 10.1. The molecule has 4 aromatic carbocycles. The summed E-state index contributed by atoms with van der Waals surface area (Å²) in [5.74, 6) is 2.64. The van der Waals surface area contributed by atoms with E-state index in [4.69, 9.17) is 28.4 Å². The molecule has 0 bridgehead atoms. The van der Waals surface area contributed by atoms with Crippen LogP contribution in [0.2, 0.25) is 0 Å². The number of phenolic OH excluding ortho intramolecular Hbond substituents is 2. The van der Waals surface area contributed by atoms with E-state index in [0.717, 1.165) is 22.3 Å². The highest BCUT2D eigenvalue weighted by Gasteiger charge is 2.33. The minimum atomic E-state index is -0.305. The molecule has 10 nitrogen and oxygen atoms in total. The summed E-state index contributed by atoms with van der Waals surface area (Å²) < 4.78 is 32.0. The third-order valence-corrected chi connectivity index (χ3v) is 7.54. The van der Waals surface area contributed by atoms with E-state index < -0.39 is 0 Å². The summed E-state index contributed by atoms with van der Waals surface area (Å²) in [6, 6.07) is 20.5. The van der Waals surface area contributed by atoms with Gasteiger partial charge >= 0.3 is 11.9 Å². The zero-order valence-corrected chi connectivity index (χ0v) is 24.7. The maximum absolute atomic E-state index is 11.9. The SMILES string of the molecule is COc1cc(OC)c2c(c1)OC(=O)C[C@@H]2c1ccc(O)cc1.COc1cc(OC)c2c(c1)OC(=O)C[C@H]2c1ccc(O)cc1. The number of hydrogen-bond acceptors (Lipinski definition) is 10. The highest BCUT2D eigenvalue weighted by molar-refractivity contribution is 5.80. The number of carbonyl (C=O) groups excluding carboxylic acids is 2. The average molecular weight is 601 g/mol. The van der Waals surface area contributed by atoms with Crippen LogP contribution in [0, 0.1) is 0 Å². The lowest BCUT2D eigenvalue weighted by Gasteiger charge is -2.27. The Kier molecular flexibility index (Phi) is 8.80. The third kappa shape index (κ3) is 6.19. The van der Waals surface area contributed by atoms with E-state index in [0.29, 0.717) is 34.5 Å². The topological polar surface area (TPSA) is 130 Å². The van der Waals surface area contributed by atoms with Gasteiger partial charge in [-0.25, -0.2) is 0 Å². The fourth-order valence-corrected chi connectivity index (χ4v) is 5.43. The largest absolute Gasteiger partial charge is 0.508 e. The van der Waals surface area contributed by atoms with Crippen molar-refractivity contribution in [2.24, 2.45) is 0 Å². The predicted molar refractivity (Wildman–Crippen MR) is 159 cm³/mol. The number of methoxy groups -OCH3 is 4. The van der Waals surface area contributed by atoms with E-state index >= 15 is 0 Å². The minimum absolute atomic E-state index is 0.183. The van der Waals surface area contributed by atoms with Crippen LogP contribution in [0.25, 0.3) is 0 Å². The minimum Gasteiger partial charge on any atom is -0.508 e. The Morgan fingerprint density at radius 3 is 1.25 bits per heavy atom. The van der Waals surface area contributed by atoms with E-state index in [1.807, 2.05) is 0 Å². The molecule has 0 fully saturated rings. The van der Waals surface area contributed by atoms with Crippen LogP contribution in [0.5, 0.6) is 46.0 Å². The number of hydrogen-bond donors (Lipinski definition) is 2. The lowest BCUT2D eigenvalue weighted by Crippen LogP contribution is -2.21. The lowest BCUT2D eigenvalue weighted by molar-refractivity contribution is -0.136. The van der Waals surface area contributed by atoms with Gasteiger partial charge < -0.3 is 38.6 Å². The Bertz CT molecular complexity index is 1540. The second kappa shape index (κ2) is 12.9. The van der Waals surface area contributed by atoms with Gasteiger partial charge in [0.1, 0.15) is 46.0 Å². The van der Waals surface area contributed by atoms with E-state index in [1.165, 1.54) is 0 Å². The van der Waals surface area contributed by atoms with Crippen molar-refractivity contribution < 1.29 is 48.2 Å². The van der Waals surface area contributed by atoms with Crippen molar-refractivity contribution in [3.05, 3.63) is 95.1 Å². The lowest BCUT2D eigenvalue weighted by atomic mass is 9.85. The van der Waals surface area contributed by atoms with Gasteiger partial charge in [-0.05, 0) is 35.4 Å². The maximum Gasteiger partial charge on any atom is 0.312 e. The summed E-state index contributed by atoms with van der Waals surface area (Å²) in [6.07, 6.45) is 0.445. The van der Waals surface area contributed by atoms with E-state index in [2.05, 4.69) is 0 Å². The van der Waals surface area contributed by atoms with Gasteiger partial charge in [0, 0.05) is 47.2 Å². The van der Waals surface area contributed by atoms with Gasteiger partial charge in [-0.3, -0.25) is 9.59 Å². The molecule has 2 N–H and O–H groups in total. The molecule has 0 spiro atoms. The highest BCUT2D eigenvalue weighted by Crippen LogP contribution is 2.47. The number of aromatic hydroxyl groups is 2. The fourth-order valence-electron chi connectivity index (χ4n) is 5.43. The van der Waals surface area contributed by atoms with Gasteiger partial charge in [0.2, 0.25) is 0 Å². The van der Waals surface area contributed by atoms with Gasteiger partial charge in [-0.15, -0.1) is 0 Å². The van der Waals surface area contributed by atoms with Gasteiger partial charge in [0.05, 0.1) is 41.3 Å². The molecule has 0 aliphatic carbocycles. The summed E-state index contributed by atoms with van der Waals surface area (Å²) in [7, 11) is 6.23. The molecule has 0 saturated heterocycles. The Morgan fingerprint density at radius 1 is 0.568 bits per heavy atom. The van der Waals surface area contributed by atoms with Crippen LogP contribution in [0.1, 0.15) is 46.9 Å². The van der Waals surface area contributed by atoms with Gasteiger partial charge in [0.25, 0.3) is 0 Å². The van der Waals surface area contributed by atoms with E-state index in [-0.39, 0.29) is 48.1 Å². The van der Waals surface area contributed by atoms with Crippen LogP contribution < -0.4 is 28.4 Å². The molecule has 10 heteroatoms. The van der Waals surface area contributed by atoms with Crippen LogP contribution in [0.3, 0.4) is 0 Å². The molecule has 4 aromatic rings. The number of rotatable bonds is 6. The first-order valence-electron chi connectivity index (χ1n) is 13.8. The van der Waals surface area contributed by atoms with Crippen LogP contribution >= 0.6 is 0 Å². The highest BCUT2D eigenvalue weighted by atomic mass is 16.5. The quantitative estimate of drug-likeness (QED) is 0.210. The molecule has 44 heavy (non-hydrogen) atoms. The number of phenols is 2. The first kappa shape index (κ1) is 30.1. The molecule has 0 amide bonds. The monoisotopic (exact) mass is 600 g/mol. The summed E-state index contributed by atoms with van der Waals surface area (Å²) >= 11 is 0. The van der Waals surface area contributed by atoms with E-state index in [9.17, 15) is 19.8 Å². The molecule has 0 aromatic heterocycles. The van der Waals surface area contributed by atoms with Crippen LogP contribution in [-0.2, 0) is 9.59 Å². The normalized spacial score (nSPS) is 16.6. The van der Waals surface area contributed by atoms with Crippen molar-refractivity contribution in [3.8, 4) is 46.0 Å². The van der Waals surface area contributed by atoms with Crippen molar-refractivity contribution in [2.45, 2.75) is 24.7 Å².